The number of benzene rings is 1. The van der Waals surface area contributed by atoms with Crippen molar-refractivity contribution >= 4 is 5.97 Å². The molecule has 1 aromatic rings. The van der Waals surface area contributed by atoms with E-state index in [1.54, 1.807) is 0 Å². The lowest BCUT2D eigenvalue weighted by atomic mass is 9.66. The molecule has 19 heavy (non-hydrogen) atoms. The highest BCUT2D eigenvalue weighted by molar-refractivity contribution is 5.69. The van der Waals surface area contributed by atoms with E-state index >= 15 is 0 Å². The molecule has 0 atom stereocenters. The zero-order chi connectivity index (χ0) is 13.7. The second kappa shape index (κ2) is 6.18. The molecule has 1 aliphatic carbocycles. The largest absolute Gasteiger partial charge is 0.465 e. The van der Waals surface area contributed by atoms with Crippen LogP contribution in [0.5, 0.6) is 0 Å². The average molecular weight is 264 g/mol. The summed E-state index contributed by atoms with van der Waals surface area (Å²) < 4.78 is 18.3. The van der Waals surface area contributed by atoms with Crippen molar-refractivity contribution in [1.82, 2.24) is 0 Å². The van der Waals surface area contributed by atoms with Crippen molar-refractivity contribution in [2.45, 2.75) is 45.4 Å². The van der Waals surface area contributed by atoms with Gasteiger partial charge in [-0.25, -0.2) is 4.39 Å². The quantitative estimate of drug-likeness (QED) is 0.729. The lowest BCUT2D eigenvalue weighted by Crippen LogP contribution is -2.37. The van der Waals surface area contributed by atoms with Gasteiger partial charge in [0, 0.05) is 11.8 Å². The highest BCUT2D eigenvalue weighted by Gasteiger charge is 2.38. The molecule has 1 aromatic carbocycles. The van der Waals surface area contributed by atoms with Gasteiger partial charge >= 0.3 is 5.97 Å². The van der Waals surface area contributed by atoms with E-state index in [0.717, 1.165) is 31.2 Å². The van der Waals surface area contributed by atoms with Gasteiger partial charge < -0.3 is 4.74 Å². The molecule has 0 N–H and O–H groups in total. The lowest BCUT2D eigenvalue weighted by molar-refractivity contribution is -0.149. The van der Waals surface area contributed by atoms with Crippen LogP contribution in [-0.4, -0.2) is 12.6 Å². The molecule has 0 radical (unpaired) electrons. The molecule has 0 bridgehead atoms. The molecule has 1 saturated carbocycles. The Bertz CT molecular complexity index is 421. The third-order valence-corrected chi connectivity index (χ3v) is 3.90. The first-order chi connectivity index (χ1) is 9.13. The van der Waals surface area contributed by atoms with Crippen molar-refractivity contribution in [3.05, 3.63) is 35.6 Å². The van der Waals surface area contributed by atoms with Crippen LogP contribution in [0.25, 0.3) is 0 Å². The van der Waals surface area contributed by atoms with Gasteiger partial charge in [0.15, 0.2) is 0 Å². The molecule has 0 amide bonds. The van der Waals surface area contributed by atoms with E-state index in [1.807, 2.05) is 19.1 Å². The monoisotopic (exact) mass is 264 g/mol. The van der Waals surface area contributed by atoms with Gasteiger partial charge in [-0.2, -0.15) is 0 Å². The topological polar surface area (TPSA) is 26.3 Å². The fourth-order valence-corrected chi connectivity index (χ4v) is 2.59. The normalized spacial score (nSPS) is 16.7. The van der Waals surface area contributed by atoms with Crippen LogP contribution in [0.2, 0.25) is 0 Å². The SMILES string of the molecule is CCCC(=O)OCC1(Cc2ccc(F)cc2)CCC1. The van der Waals surface area contributed by atoms with Crippen LogP contribution in [0.4, 0.5) is 4.39 Å². The molecule has 0 spiro atoms. The zero-order valence-corrected chi connectivity index (χ0v) is 11.5. The summed E-state index contributed by atoms with van der Waals surface area (Å²) in [7, 11) is 0. The lowest BCUT2D eigenvalue weighted by Gasteiger charge is -2.41. The molecule has 1 fully saturated rings. The number of ether oxygens (including phenoxy) is 1. The maximum absolute atomic E-state index is 12.9. The Morgan fingerprint density at radius 1 is 1.32 bits per heavy atom. The Hall–Kier alpha value is -1.38. The van der Waals surface area contributed by atoms with Gasteiger partial charge in [0.05, 0.1) is 6.61 Å². The number of halogens is 1. The van der Waals surface area contributed by atoms with E-state index in [-0.39, 0.29) is 17.2 Å². The first kappa shape index (κ1) is 14.0. The molecule has 3 heteroatoms. The van der Waals surface area contributed by atoms with Crippen LogP contribution >= 0.6 is 0 Å². The maximum Gasteiger partial charge on any atom is 0.305 e. The van der Waals surface area contributed by atoms with Crippen molar-refractivity contribution in [2.75, 3.05) is 6.61 Å². The Morgan fingerprint density at radius 2 is 2.00 bits per heavy atom. The van der Waals surface area contributed by atoms with Crippen molar-refractivity contribution in [3.8, 4) is 0 Å². The van der Waals surface area contributed by atoms with E-state index in [0.29, 0.717) is 13.0 Å². The van der Waals surface area contributed by atoms with Crippen LogP contribution in [0.1, 0.15) is 44.6 Å². The van der Waals surface area contributed by atoms with E-state index in [9.17, 15) is 9.18 Å². The molecular weight excluding hydrogens is 243 g/mol. The summed E-state index contributed by atoms with van der Waals surface area (Å²) in [6.07, 6.45) is 5.54. The van der Waals surface area contributed by atoms with Gasteiger partial charge in [0.1, 0.15) is 5.82 Å². The molecular formula is C16H21FO2. The fourth-order valence-electron chi connectivity index (χ4n) is 2.59. The number of hydrogen-bond acceptors (Lipinski definition) is 2. The number of hydrogen-bond donors (Lipinski definition) is 0. The van der Waals surface area contributed by atoms with Gasteiger partial charge in [-0.3, -0.25) is 4.79 Å². The van der Waals surface area contributed by atoms with E-state index < -0.39 is 0 Å². The van der Waals surface area contributed by atoms with Crippen molar-refractivity contribution < 1.29 is 13.9 Å². The molecule has 0 aromatic heterocycles. The summed E-state index contributed by atoms with van der Waals surface area (Å²) in [6, 6.07) is 6.63. The number of rotatable bonds is 6. The standard InChI is InChI=1S/C16H21FO2/c1-2-4-15(18)19-12-16(9-3-10-16)11-13-5-7-14(17)8-6-13/h5-8H,2-4,9-12H2,1H3. The van der Waals surface area contributed by atoms with Gasteiger partial charge in [-0.05, 0) is 43.4 Å². The summed E-state index contributed by atoms with van der Waals surface area (Å²) in [4.78, 5) is 11.5. The van der Waals surface area contributed by atoms with E-state index in [1.165, 1.54) is 18.6 Å². The Balaban J connectivity index is 1.91. The maximum atomic E-state index is 12.9. The van der Waals surface area contributed by atoms with Crippen molar-refractivity contribution in [3.63, 3.8) is 0 Å². The summed E-state index contributed by atoms with van der Waals surface area (Å²) in [5.74, 6) is -0.311. The molecule has 2 nitrogen and oxygen atoms in total. The minimum absolute atomic E-state index is 0.0846. The Morgan fingerprint density at radius 3 is 2.53 bits per heavy atom. The van der Waals surface area contributed by atoms with Crippen molar-refractivity contribution in [2.24, 2.45) is 5.41 Å². The third kappa shape index (κ3) is 3.79. The smallest absolute Gasteiger partial charge is 0.305 e. The van der Waals surface area contributed by atoms with Gasteiger partial charge in [0.25, 0.3) is 0 Å². The average Bonchev–Trinajstić information content (AvgIpc) is 2.35. The molecule has 1 aliphatic rings. The molecule has 0 saturated heterocycles. The zero-order valence-electron chi connectivity index (χ0n) is 11.5. The predicted octanol–water partition coefficient (Wildman–Crippen LogP) is 3.88. The number of carbonyl (C=O) groups is 1. The first-order valence-corrected chi connectivity index (χ1v) is 7.04. The van der Waals surface area contributed by atoms with Crippen LogP contribution in [0.15, 0.2) is 24.3 Å². The van der Waals surface area contributed by atoms with Crippen LogP contribution in [0, 0.1) is 11.2 Å². The predicted molar refractivity (Wildman–Crippen MR) is 72.3 cm³/mol. The Kier molecular flexibility index (Phi) is 4.56. The molecule has 104 valence electrons. The second-order valence-corrected chi connectivity index (χ2v) is 5.57. The second-order valence-electron chi connectivity index (χ2n) is 5.57. The molecule has 0 unspecified atom stereocenters. The minimum Gasteiger partial charge on any atom is -0.465 e. The minimum atomic E-state index is -0.208. The summed E-state index contributed by atoms with van der Waals surface area (Å²) >= 11 is 0. The van der Waals surface area contributed by atoms with Gasteiger partial charge in [-0.15, -0.1) is 0 Å². The van der Waals surface area contributed by atoms with Crippen LogP contribution in [-0.2, 0) is 16.0 Å². The van der Waals surface area contributed by atoms with Crippen LogP contribution in [0.3, 0.4) is 0 Å². The summed E-state index contributed by atoms with van der Waals surface area (Å²) in [5, 5.41) is 0. The third-order valence-electron chi connectivity index (χ3n) is 3.90. The van der Waals surface area contributed by atoms with Crippen LogP contribution < -0.4 is 0 Å². The van der Waals surface area contributed by atoms with E-state index in [2.05, 4.69) is 0 Å². The van der Waals surface area contributed by atoms with Gasteiger partial charge in [-0.1, -0.05) is 25.5 Å². The van der Waals surface area contributed by atoms with E-state index in [4.69, 9.17) is 4.74 Å². The first-order valence-electron chi connectivity index (χ1n) is 7.04. The van der Waals surface area contributed by atoms with Crippen molar-refractivity contribution in [1.29, 1.82) is 0 Å². The summed E-state index contributed by atoms with van der Waals surface area (Å²) in [5.41, 5.74) is 1.20. The highest BCUT2D eigenvalue weighted by Crippen LogP contribution is 2.44. The molecule has 0 aliphatic heterocycles. The number of carbonyl (C=O) groups excluding carboxylic acids is 1. The molecule has 2 rings (SSSR count). The summed E-state index contributed by atoms with van der Waals surface area (Å²) in [6.45, 7) is 2.47. The fraction of sp³-hybridized carbons (Fsp3) is 0.562. The highest BCUT2D eigenvalue weighted by atomic mass is 19.1. The number of esters is 1. The Labute approximate surface area is 114 Å². The molecule has 0 heterocycles. The van der Waals surface area contributed by atoms with Gasteiger partial charge in [0.2, 0.25) is 0 Å².